The third-order valence-electron chi connectivity index (χ3n) is 2.72. The highest BCUT2D eigenvalue weighted by molar-refractivity contribution is 5.45. The van der Waals surface area contributed by atoms with Crippen LogP contribution in [-0.2, 0) is 6.42 Å². The zero-order chi connectivity index (χ0) is 10.8. The standard InChI is InChI=1S/C14H12N2/c1-2-4-12(5-3-1)8-13-6-7-14-9-15-11-16(14)10-13/h1-7,9-11H,8H2. The SMILES string of the molecule is c1ccc(Cc2ccc3cncn3c2)cc1. The van der Waals surface area contributed by atoms with E-state index in [1.165, 1.54) is 11.1 Å². The lowest BCUT2D eigenvalue weighted by Gasteiger charge is -2.02. The molecule has 0 saturated carbocycles. The molecule has 0 bridgehead atoms. The Labute approximate surface area is 94.2 Å². The summed E-state index contributed by atoms with van der Waals surface area (Å²) in [6, 6.07) is 14.8. The van der Waals surface area contributed by atoms with Gasteiger partial charge in [0.1, 0.15) is 0 Å². The molecular formula is C14H12N2. The van der Waals surface area contributed by atoms with Gasteiger partial charge < -0.3 is 4.40 Å². The zero-order valence-electron chi connectivity index (χ0n) is 8.88. The second-order valence-electron chi connectivity index (χ2n) is 3.93. The van der Waals surface area contributed by atoms with Crippen LogP contribution in [0.2, 0.25) is 0 Å². The number of benzene rings is 1. The van der Waals surface area contributed by atoms with Gasteiger partial charge >= 0.3 is 0 Å². The summed E-state index contributed by atoms with van der Waals surface area (Å²) in [4.78, 5) is 4.11. The Morgan fingerprint density at radius 2 is 1.81 bits per heavy atom. The maximum absolute atomic E-state index is 4.11. The molecule has 0 radical (unpaired) electrons. The largest absolute Gasteiger partial charge is 0.306 e. The molecule has 0 saturated heterocycles. The Balaban J connectivity index is 1.94. The zero-order valence-corrected chi connectivity index (χ0v) is 8.88. The van der Waals surface area contributed by atoms with E-state index in [1.54, 1.807) is 0 Å². The van der Waals surface area contributed by atoms with E-state index in [-0.39, 0.29) is 0 Å². The van der Waals surface area contributed by atoms with Crippen LogP contribution in [0.3, 0.4) is 0 Å². The van der Waals surface area contributed by atoms with E-state index in [9.17, 15) is 0 Å². The molecule has 2 nitrogen and oxygen atoms in total. The highest BCUT2D eigenvalue weighted by Gasteiger charge is 1.97. The number of hydrogen-bond acceptors (Lipinski definition) is 1. The van der Waals surface area contributed by atoms with Gasteiger partial charge in [-0.2, -0.15) is 0 Å². The quantitative estimate of drug-likeness (QED) is 0.633. The summed E-state index contributed by atoms with van der Waals surface area (Å²) in [6.07, 6.45) is 6.81. The molecule has 1 aromatic carbocycles. The van der Waals surface area contributed by atoms with Crippen molar-refractivity contribution in [3.8, 4) is 0 Å². The third kappa shape index (κ3) is 1.70. The summed E-state index contributed by atoms with van der Waals surface area (Å²) in [5.41, 5.74) is 3.77. The predicted octanol–water partition coefficient (Wildman–Crippen LogP) is 2.93. The molecule has 0 aliphatic carbocycles. The molecule has 0 unspecified atom stereocenters. The van der Waals surface area contributed by atoms with Crippen molar-refractivity contribution < 1.29 is 0 Å². The Hall–Kier alpha value is -2.09. The lowest BCUT2D eigenvalue weighted by Crippen LogP contribution is -1.90. The molecule has 3 aromatic rings. The second kappa shape index (κ2) is 3.81. The first-order valence-electron chi connectivity index (χ1n) is 5.36. The molecule has 2 heteroatoms. The molecule has 0 amide bonds. The molecule has 0 spiro atoms. The van der Waals surface area contributed by atoms with E-state index >= 15 is 0 Å². The van der Waals surface area contributed by atoms with Gasteiger partial charge in [0, 0.05) is 6.20 Å². The Kier molecular flexibility index (Phi) is 2.18. The summed E-state index contributed by atoms with van der Waals surface area (Å²) in [6.45, 7) is 0. The molecule has 78 valence electrons. The Morgan fingerprint density at radius 1 is 0.938 bits per heavy atom. The number of aromatic nitrogens is 2. The van der Waals surface area contributed by atoms with Crippen LogP contribution in [0, 0.1) is 0 Å². The summed E-state index contributed by atoms with van der Waals surface area (Å²) < 4.78 is 2.05. The maximum Gasteiger partial charge on any atom is 0.0992 e. The number of imidazole rings is 1. The second-order valence-corrected chi connectivity index (χ2v) is 3.93. The van der Waals surface area contributed by atoms with Crippen molar-refractivity contribution in [1.29, 1.82) is 0 Å². The molecule has 0 atom stereocenters. The molecular weight excluding hydrogens is 196 g/mol. The maximum atomic E-state index is 4.11. The van der Waals surface area contributed by atoms with Crippen molar-refractivity contribution in [3.63, 3.8) is 0 Å². The van der Waals surface area contributed by atoms with Crippen LogP contribution >= 0.6 is 0 Å². The highest BCUT2D eigenvalue weighted by atomic mass is 15.0. The minimum atomic E-state index is 0.967. The number of nitrogens with zero attached hydrogens (tertiary/aromatic N) is 2. The predicted molar refractivity (Wildman–Crippen MR) is 64.4 cm³/mol. The fourth-order valence-electron chi connectivity index (χ4n) is 1.90. The van der Waals surface area contributed by atoms with Crippen molar-refractivity contribution >= 4 is 5.52 Å². The van der Waals surface area contributed by atoms with E-state index in [1.807, 2.05) is 18.6 Å². The number of rotatable bonds is 2. The van der Waals surface area contributed by atoms with Crippen molar-refractivity contribution in [3.05, 3.63) is 72.3 Å². The number of fused-ring (bicyclic) bond motifs is 1. The minimum Gasteiger partial charge on any atom is -0.306 e. The van der Waals surface area contributed by atoms with E-state index in [2.05, 4.69) is 52.0 Å². The average Bonchev–Trinajstić information content (AvgIpc) is 2.77. The van der Waals surface area contributed by atoms with Gasteiger partial charge in [-0.1, -0.05) is 36.4 Å². The minimum absolute atomic E-state index is 0.967. The fraction of sp³-hybridized carbons (Fsp3) is 0.0714. The lowest BCUT2D eigenvalue weighted by molar-refractivity contribution is 1.09. The first kappa shape index (κ1) is 9.16. The molecule has 0 fully saturated rings. The molecule has 0 aliphatic heterocycles. The molecule has 0 aliphatic rings. The van der Waals surface area contributed by atoms with Gasteiger partial charge in [-0.15, -0.1) is 0 Å². The van der Waals surface area contributed by atoms with Crippen LogP contribution in [0.1, 0.15) is 11.1 Å². The Bertz CT molecular complexity index is 596. The van der Waals surface area contributed by atoms with Gasteiger partial charge in [0.05, 0.1) is 18.0 Å². The molecule has 2 aromatic heterocycles. The van der Waals surface area contributed by atoms with Gasteiger partial charge in [0.25, 0.3) is 0 Å². The van der Waals surface area contributed by atoms with Crippen LogP contribution in [0.4, 0.5) is 0 Å². The molecule has 3 rings (SSSR count). The summed E-state index contributed by atoms with van der Waals surface area (Å²) in [7, 11) is 0. The lowest BCUT2D eigenvalue weighted by atomic mass is 10.1. The summed E-state index contributed by atoms with van der Waals surface area (Å²) in [5, 5.41) is 0. The van der Waals surface area contributed by atoms with E-state index < -0.39 is 0 Å². The monoisotopic (exact) mass is 208 g/mol. The molecule has 0 N–H and O–H groups in total. The normalized spacial score (nSPS) is 10.8. The van der Waals surface area contributed by atoms with Crippen LogP contribution in [0.5, 0.6) is 0 Å². The smallest absolute Gasteiger partial charge is 0.0992 e. The number of pyridine rings is 1. The van der Waals surface area contributed by atoms with Crippen LogP contribution in [0.25, 0.3) is 5.52 Å². The van der Waals surface area contributed by atoms with Gasteiger partial charge in [0.15, 0.2) is 0 Å². The molecule has 16 heavy (non-hydrogen) atoms. The average molecular weight is 208 g/mol. The van der Waals surface area contributed by atoms with Crippen LogP contribution in [0.15, 0.2) is 61.2 Å². The van der Waals surface area contributed by atoms with Crippen molar-refractivity contribution in [2.24, 2.45) is 0 Å². The Morgan fingerprint density at radius 3 is 2.69 bits per heavy atom. The number of hydrogen-bond donors (Lipinski definition) is 0. The van der Waals surface area contributed by atoms with Crippen molar-refractivity contribution in [1.82, 2.24) is 9.38 Å². The first-order chi connectivity index (χ1) is 7.92. The van der Waals surface area contributed by atoms with Crippen molar-refractivity contribution in [2.75, 3.05) is 0 Å². The van der Waals surface area contributed by atoms with Gasteiger partial charge in [-0.25, -0.2) is 4.98 Å². The van der Waals surface area contributed by atoms with Gasteiger partial charge in [0.2, 0.25) is 0 Å². The van der Waals surface area contributed by atoms with Gasteiger partial charge in [-0.05, 0) is 23.6 Å². The fourth-order valence-corrected chi connectivity index (χ4v) is 1.90. The van der Waals surface area contributed by atoms with E-state index in [4.69, 9.17) is 0 Å². The van der Waals surface area contributed by atoms with E-state index in [0.717, 1.165) is 11.9 Å². The highest BCUT2D eigenvalue weighted by Crippen LogP contribution is 2.11. The van der Waals surface area contributed by atoms with E-state index in [0.29, 0.717) is 0 Å². The van der Waals surface area contributed by atoms with Gasteiger partial charge in [-0.3, -0.25) is 0 Å². The van der Waals surface area contributed by atoms with Crippen LogP contribution in [-0.4, -0.2) is 9.38 Å². The van der Waals surface area contributed by atoms with Crippen molar-refractivity contribution in [2.45, 2.75) is 6.42 Å². The summed E-state index contributed by atoms with van der Waals surface area (Å²) in [5.74, 6) is 0. The topological polar surface area (TPSA) is 17.3 Å². The third-order valence-corrected chi connectivity index (χ3v) is 2.72. The first-order valence-corrected chi connectivity index (χ1v) is 5.36. The van der Waals surface area contributed by atoms with Crippen LogP contribution < -0.4 is 0 Å². The summed E-state index contributed by atoms with van der Waals surface area (Å²) >= 11 is 0. The molecule has 2 heterocycles.